The first-order chi connectivity index (χ1) is 7.17. The van der Waals surface area contributed by atoms with Crippen LogP contribution in [0.3, 0.4) is 0 Å². The summed E-state index contributed by atoms with van der Waals surface area (Å²) in [6, 6.07) is 0.209. The number of nitrogens with zero attached hydrogens (tertiary/aromatic N) is 1. The van der Waals surface area contributed by atoms with Gasteiger partial charge in [0.25, 0.3) is 0 Å². The molecule has 0 fully saturated rings. The summed E-state index contributed by atoms with van der Waals surface area (Å²) in [5.74, 6) is 2.47. The first-order valence-electron chi connectivity index (χ1n) is 5.85. The van der Waals surface area contributed by atoms with Crippen molar-refractivity contribution in [3.63, 3.8) is 0 Å². The summed E-state index contributed by atoms with van der Waals surface area (Å²) < 4.78 is 5.70. The van der Waals surface area contributed by atoms with E-state index in [0.717, 1.165) is 24.6 Å². The van der Waals surface area contributed by atoms with E-state index in [0.29, 0.717) is 5.92 Å². The lowest BCUT2D eigenvalue weighted by Crippen LogP contribution is -2.17. The normalized spacial score (nSPS) is 15.2. The van der Waals surface area contributed by atoms with Crippen molar-refractivity contribution in [2.45, 2.75) is 46.6 Å². The van der Waals surface area contributed by atoms with Crippen LogP contribution in [-0.2, 0) is 6.42 Å². The Labute approximate surface area is 92.3 Å². The van der Waals surface area contributed by atoms with Gasteiger partial charge in [0.05, 0.1) is 12.2 Å². The molecule has 0 aliphatic rings. The van der Waals surface area contributed by atoms with Crippen molar-refractivity contribution in [1.82, 2.24) is 10.3 Å². The Balaban J connectivity index is 2.55. The minimum atomic E-state index is 0.209. The van der Waals surface area contributed by atoms with Crippen molar-refractivity contribution >= 4 is 0 Å². The summed E-state index contributed by atoms with van der Waals surface area (Å²) >= 11 is 0. The SMILES string of the molecule is CCNC(C)c1ncc(CC(C)CC)o1. The lowest BCUT2D eigenvalue weighted by Gasteiger charge is -2.07. The second kappa shape index (κ2) is 5.91. The van der Waals surface area contributed by atoms with Gasteiger partial charge in [0.15, 0.2) is 0 Å². The van der Waals surface area contributed by atoms with Crippen LogP contribution in [0.5, 0.6) is 0 Å². The van der Waals surface area contributed by atoms with Crippen LogP contribution in [0.15, 0.2) is 10.6 Å². The highest BCUT2D eigenvalue weighted by Gasteiger charge is 2.12. The Bertz CT molecular complexity index is 283. The summed E-state index contributed by atoms with van der Waals surface area (Å²) in [5, 5.41) is 3.29. The van der Waals surface area contributed by atoms with Gasteiger partial charge in [-0.25, -0.2) is 4.98 Å². The van der Waals surface area contributed by atoms with Gasteiger partial charge in [-0.15, -0.1) is 0 Å². The van der Waals surface area contributed by atoms with Crippen LogP contribution >= 0.6 is 0 Å². The van der Waals surface area contributed by atoms with E-state index in [1.54, 1.807) is 0 Å². The third-order valence-corrected chi connectivity index (χ3v) is 2.70. The van der Waals surface area contributed by atoms with Crippen molar-refractivity contribution in [3.8, 4) is 0 Å². The molecule has 2 atom stereocenters. The van der Waals surface area contributed by atoms with E-state index >= 15 is 0 Å². The zero-order valence-corrected chi connectivity index (χ0v) is 10.2. The zero-order valence-electron chi connectivity index (χ0n) is 10.2. The Kier molecular flexibility index (Phi) is 4.82. The highest BCUT2D eigenvalue weighted by molar-refractivity contribution is 4.98. The molecule has 0 aliphatic heterocycles. The minimum Gasteiger partial charge on any atom is -0.444 e. The second-order valence-electron chi connectivity index (χ2n) is 4.16. The molecular formula is C12H22N2O. The lowest BCUT2D eigenvalue weighted by molar-refractivity contribution is 0.380. The van der Waals surface area contributed by atoms with Gasteiger partial charge in [-0.05, 0) is 19.4 Å². The predicted molar refractivity (Wildman–Crippen MR) is 61.8 cm³/mol. The van der Waals surface area contributed by atoms with Crippen LogP contribution in [-0.4, -0.2) is 11.5 Å². The molecule has 1 aromatic heterocycles. The quantitative estimate of drug-likeness (QED) is 0.784. The molecular weight excluding hydrogens is 188 g/mol. The van der Waals surface area contributed by atoms with Crippen molar-refractivity contribution in [1.29, 1.82) is 0 Å². The Morgan fingerprint density at radius 1 is 1.40 bits per heavy atom. The molecule has 1 N–H and O–H groups in total. The number of hydrogen-bond acceptors (Lipinski definition) is 3. The Morgan fingerprint density at radius 2 is 2.13 bits per heavy atom. The minimum absolute atomic E-state index is 0.209. The van der Waals surface area contributed by atoms with Crippen LogP contribution in [0.2, 0.25) is 0 Å². The van der Waals surface area contributed by atoms with Gasteiger partial charge in [-0.1, -0.05) is 27.2 Å². The van der Waals surface area contributed by atoms with E-state index < -0.39 is 0 Å². The summed E-state index contributed by atoms with van der Waals surface area (Å²) in [6.07, 6.45) is 4.02. The van der Waals surface area contributed by atoms with Crippen LogP contribution in [0, 0.1) is 5.92 Å². The summed E-state index contributed by atoms with van der Waals surface area (Å²) in [6.45, 7) is 9.52. The molecule has 0 amide bonds. The topological polar surface area (TPSA) is 38.1 Å². The van der Waals surface area contributed by atoms with Crippen LogP contribution < -0.4 is 5.32 Å². The highest BCUT2D eigenvalue weighted by Crippen LogP contribution is 2.16. The van der Waals surface area contributed by atoms with Gasteiger partial charge in [0.1, 0.15) is 5.76 Å². The smallest absolute Gasteiger partial charge is 0.211 e. The molecule has 1 rings (SSSR count). The van der Waals surface area contributed by atoms with Gasteiger partial charge >= 0.3 is 0 Å². The predicted octanol–water partition coefficient (Wildman–Crippen LogP) is 2.93. The molecule has 1 heterocycles. The molecule has 0 radical (unpaired) electrons. The van der Waals surface area contributed by atoms with Gasteiger partial charge < -0.3 is 9.73 Å². The van der Waals surface area contributed by atoms with E-state index in [4.69, 9.17) is 4.42 Å². The van der Waals surface area contributed by atoms with Gasteiger partial charge in [-0.2, -0.15) is 0 Å². The maximum Gasteiger partial charge on any atom is 0.211 e. The standard InChI is InChI=1S/C12H22N2O/c1-5-9(3)7-11-8-14-12(15-11)10(4)13-6-2/h8-10,13H,5-7H2,1-4H3. The van der Waals surface area contributed by atoms with Crippen molar-refractivity contribution in [2.24, 2.45) is 5.92 Å². The molecule has 2 unspecified atom stereocenters. The first-order valence-corrected chi connectivity index (χ1v) is 5.85. The molecule has 15 heavy (non-hydrogen) atoms. The molecule has 3 nitrogen and oxygen atoms in total. The molecule has 0 aromatic carbocycles. The monoisotopic (exact) mass is 210 g/mol. The molecule has 0 aliphatic carbocycles. The van der Waals surface area contributed by atoms with E-state index in [1.165, 1.54) is 6.42 Å². The van der Waals surface area contributed by atoms with E-state index in [2.05, 4.69) is 38.0 Å². The van der Waals surface area contributed by atoms with E-state index in [9.17, 15) is 0 Å². The number of oxazole rings is 1. The molecule has 86 valence electrons. The fraction of sp³-hybridized carbons (Fsp3) is 0.750. The number of hydrogen-bond donors (Lipinski definition) is 1. The molecule has 0 spiro atoms. The largest absolute Gasteiger partial charge is 0.444 e. The van der Waals surface area contributed by atoms with Crippen LogP contribution in [0.4, 0.5) is 0 Å². The average molecular weight is 210 g/mol. The van der Waals surface area contributed by atoms with Crippen LogP contribution in [0.1, 0.15) is 51.8 Å². The second-order valence-corrected chi connectivity index (χ2v) is 4.16. The van der Waals surface area contributed by atoms with E-state index in [1.807, 2.05) is 6.20 Å². The molecule has 3 heteroatoms. The fourth-order valence-corrected chi connectivity index (χ4v) is 1.50. The summed E-state index contributed by atoms with van der Waals surface area (Å²) in [7, 11) is 0. The number of rotatable bonds is 6. The summed E-state index contributed by atoms with van der Waals surface area (Å²) in [5.41, 5.74) is 0. The maximum atomic E-state index is 5.70. The van der Waals surface area contributed by atoms with E-state index in [-0.39, 0.29) is 6.04 Å². The number of nitrogens with one attached hydrogen (secondary N) is 1. The third-order valence-electron chi connectivity index (χ3n) is 2.70. The van der Waals surface area contributed by atoms with Crippen molar-refractivity contribution in [2.75, 3.05) is 6.54 Å². The Hall–Kier alpha value is -0.830. The maximum absolute atomic E-state index is 5.70. The first kappa shape index (κ1) is 12.2. The average Bonchev–Trinajstić information content (AvgIpc) is 2.66. The zero-order chi connectivity index (χ0) is 11.3. The Morgan fingerprint density at radius 3 is 2.73 bits per heavy atom. The molecule has 0 saturated carbocycles. The third kappa shape index (κ3) is 3.67. The van der Waals surface area contributed by atoms with Gasteiger partial charge in [-0.3, -0.25) is 0 Å². The fourth-order valence-electron chi connectivity index (χ4n) is 1.50. The highest BCUT2D eigenvalue weighted by atomic mass is 16.4. The lowest BCUT2D eigenvalue weighted by atomic mass is 10.0. The van der Waals surface area contributed by atoms with Crippen LogP contribution in [0.25, 0.3) is 0 Å². The van der Waals surface area contributed by atoms with Crippen molar-refractivity contribution < 1.29 is 4.42 Å². The summed E-state index contributed by atoms with van der Waals surface area (Å²) in [4.78, 5) is 4.29. The van der Waals surface area contributed by atoms with Gasteiger partial charge in [0.2, 0.25) is 5.89 Å². The van der Waals surface area contributed by atoms with Gasteiger partial charge in [0, 0.05) is 6.42 Å². The van der Waals surface area contributed by atoms with Crippen molar-refractivity contribution in [3.05, 3.63) is 17.8 Å². The molecule has 0 saturated heterocycles. The molecule has 0 bridgehead atoms. The number of aromatic nitrogens is 1. The molecule has 1 aromatic rings.